The van der Waals surface area contributed by atoms with Gasteiger partial charge in [-0.15, -0.1) is 15.3 Å². The van der Waals surface area contributed by atoms with Crippen molar-refractivity contribution in [3.63, 3.8) is 0 Å². The van der Waals surface area contributed by atoms with Gasteiger partial charge in [0.25, 0.3) is 0 Å². The fourth-order valence-corrected chi connectivity index (χ4v) is 2.76. The first kappa shape index (κ1) is 15.0. The molecule has 0 atom stereocenters. The molecule has 0 aliphatic rings. The van der Waals surface area contributed by atoms with Crippen molar-refractivity contribution >= 4 is 23.4 Å². The third-order valence-electron chi connectivity index (χ3n) is 3.05. The van der Waals surface area contributed by atoms with E-state index in [1.165, 1.54) is 11.8 Å². The number of aliphatic hydroxyl groups excluding tert-OH is 1. The van der Waals surface area contributed by atoms with Gasteiger partial charge in [0.05, 0.1) is 17.6 Å². The summed E-state index contributed by atoms with van der Waals surface area (Å²) in [5.74, 6) is 1.15. The van der Waals surface area contributed by atoms with E-state index in [1.807, 2.05) is 37.5 Å². The summed E-state index contributed by atoms with van der Waals surface area (Å²) in [5.41, 5.74) is 1.72. The zero-order valence-electron chi connectivity index (χ0n) is 11.7. The van der Waals surface area contributed by atoms with Gasteiger partial charge in [-0.05, 0) is 24.3 Å². The standard InChI is InChI=1S/C13H13ClN6OS/c1-19-12(7-21)16-17-13(19)22-8-10-6-20(18-15-10)11-4-2-9(14)3-5-11/h2-6,21H,7-8H2,1H3. The smallest absolute Gasteiger partial charge is 0.191 e. The predicted molar refractivity (Wildman–Crippen MR) is 82.9 cm³/mol. The molecule has 0 saturated heterocycles. The molecule has 2 heterocycles. The monoisotopic (exact) mass is 336 g/mol. The molecule has 1 aromatic carbocycles. The largest absolute Gasteiger partial charge is 0.388 e. The van der Waals surface area contributed by atoms with E-state index in [1.54, 1.807) is 9.25 Å². The van der Waals surface area contributed by atoms with Crippen molar-refractivity contribution in [1.29, 1.82) is 0 Å². The first-order chi connectivity index (χ1) is 10.7. The van der Waals surface area contributed by atoms with Crippen LogP contribution in [-0.2, 0) is 19.4 Å². The van der Waals surface area contributed by atoms with Gasteiger partial charge >= 0.3 is 0 Å². The van der Waals surface area contributed by atoms with E-state index in [2.05, 4.69) is 20.5 Å². The summed E-state index contributed by atoms with van der Waals surface area (Å²) < 4.78 is 3.45. The summed E-state index contributed by atoms with van der Waals surface area (Å²) in [6.45, 7) is -0.128. The van der Waals surface area contributed by atoms with Gasteiger partial charge in [-0.2, -0.15) is 0 Å². The minimum absolute atomic E-state index is 0.128. The van der Waals surface area contributed by atoms with E-state index in [0.29, 0.717) is 16.6 Å². The fourth-order valence-electron chi connectivity index (χ4n) is 1.83. The van der Waals surface area contributed by atoms with Crippen LogP contribution in [0.5, 0.6) is 0 Å². The van der Waals surface area contributed by atoms with Gasteiger partial charge in [0.15, 0.2) is 11.0 Å². The Kier molecular flexibility index (Phi) is 4.41. The molecular weight excluding hydrogens is 324 g/mol. The lowest BCUT2D eigenvalue weighted by molar-refractivity contribution is 0.266. The number of hydrogen-bond acceptors (Lipinski definition) is 6. The lowest BCUT2D eigenvalue weighted by Gasteiger charge is -2.00. The lowest BCUT2D eigenvalue weighted by atomic mass is 10.3. The number of hydrogen-bond donors (Lipinski definition) is 1. The van der Waals surface area contributed by atoms with Crippen molar-refractivity contribution in [2.75, 3.05) is 0 Å². The maximum absolute atomic E-state index is 9.10. The molecule has 0 radical (unpaired) electrons. The van der Waals surface area contributed by atoms with Crippen molar-refractivity contribution in [3.05, 3.63) is 47.0 Å². The van der Waals surface area contributed by atoms with Crippen LogP contribution in [0.3, 0.4) is 0 Å². The van der Waals surface area contributed by atoms with E-state index in [-0.39, 0.29) is 6.61 Å². The summed E-state index contributed by atoms with van der Waals surface area (Å²) >= 11 is 7.36. The molecule has 1 N–H and O–H groups in total. The second-order valence-corrected chi connectivity index (χ2v) is 5.91. The van der Waals surface area contributed by atoms with Crippen LogP contribution >= 0.6 is 23.4 Å². The quantitative estimate of drug-likeness (QED) is 0.716. The molecule has 3 aromatic rings. The molecule has 0 unspecified atom stereocenters. The van der Waals surface area contributed by atoms with Gasteiger partial charge < -0.3 is 9.67 Å². The van der Waals surface area contributed by atoms with Gasteiger partial charge in [0.1, 0.15) is 6.61 Å². The van der Waals surface area contributed by atoms with Crippen molar-refractivity contribution in [2.24, 2.45) is 7.05 Å². The van der Waals surface area contributed by atoms with E-state index < -0.39 is 0 Å². The van der Waals surface area contributed by atoms with Crippen LogP contribution in [0, 0.1) is 0 Å². The van der Waals surface area contributed by atoms with Crippen molar-refractivity contribution in [1.82, 2.24) is 29.8 Å². The molecule has 0 amide bonds. The molecule has 22 heavy (non-hydrogen) atoms. The molecule has 2 aromatic heterocycles. The minimum Gasteiger partial charge on any atom is -0.388 e. The van der Waals surface area contributed by atoms with E-state index in [4.69, 9.17) is 16.7 Å². The van der Waals surface area contributed by atoms with Crippen molar-refractivity contribution in [3.8, 4) is 5.69 Å². The first-order valence-corrected chi connectivity index (χ1v) is 7.83. The molecule has 0 saturated carbocycles. The van der Waals surface area contributed by atoms with Crippen LogP contribution < -0.4 is 0 Å². The lowest BCUT2D eigenvalue weighted by Crippen LogP contribution is -1.98. The zero-order valence-corrected chi connectivity index (χ0v) is 13.3. The van der Waals surface area contributed by atoms with Gasteiger partial charge in [0.2, 0.25) is 0 Å². The highest BCUT2D eigenvalue weighted by Gasteiger charge is 2.10. The van der Waals surface area contributed by atoms with Crippen LogP contribution in [0.2, 0.25) is 5.02 Å². The summed E-state index contributed by atoms with van der Waals surface area (Å²) in [5, 5.41) is 26.7. The second-order valence-electron chi connectivity index (χ2n) is 4.54. The van der Waals surface area contributed by atoms with E-state index in [0.717, 1.165) is 16.5 Å². The summed E-state index contributed by atoms with van der Waals surface area (Å²) in [6.07, 6.45) is 1.86. The summed E-state index contributed by atoms with van der Waals surface area (Å²) in [4.78, 5) is 0. The maximum Gasteiger partial charge on any atom is 0.191 e. The number of nitrogens with zero attached hydrogens (tertiary/aromatic N) is 6. The molecule has 9 heteroatoms. The van der Waals surface area contributed by atoms with Crippen LogP contribution in [0.1, 0.15) is 11.5 Å². The van der Waals surface area contributed by atoms with Crippen LogP contribution in [0.4, 0.5) is 0 Å². The van der Waals surface area contributed by atoms with Gasteiger partial charge in [0, 0.05) is 17.8 Å². The van der Waals surface area contributed by atoms with Crippen LogP contribution in [0.25, 0.3) is 5.69 Å². The highest BCUT2D eigenvalue weighted by atomic mass is 35.5. The second kappa shape index (κ2) is 6.47. The SMILES string of the molecule is Cn1c(CO)nnc1SCc1cn(-c2ccc(Cl)cc2)nn1. The topological polar surface area (TPSA) is 81.6 Å². The number of rotatable bonds is 5. The Morgan fingerprint density at radius 3 is 2.64 bits per heavy atom. The Balaban J connectivity index is 1.69. The number of benzene rings is 1. The maximum atomic E-state index is 9.10. The minimum atomic E-state index is -0.128. The number of thioether (sulfide) groups is 1. The Hall–Kier alpha value is -1.90. The van der Waals surface area contributed by atoms with Gasteiger partial charge in [-0.3, -0.25) is 0 Å². The van der Waals surface area contributed by atoms with Crippen molar-refractivity contribution < 1.29 is 5.11 Å². The first-order valence-electron chi connectivity index (χ1n) is 6.46. The molecule has 0 spiro atoms. The van der Waals surface area contributed by atoms with Crippen LogP contribution in [0.15, 0.2) is 35.6 Å². The fraction of sp³-hybridized carbons (Fsp3) is 0.231. The highest BCUT2D eigenvalue weighted by molar-refractivity contribution is 7.98. The number of aromatic nitrogens is 6. The molecule has 0 aliphatic heterocycles. The molecule has 0 aliphatic carbocycles. The molecule has 0 bridgehead atoms. The Morgan fingerprint density at radius 2 is 1.95 bits per heavy atom. The molecule has 3 rings (SSSR count). The highest BCUT2D eigenvalue weighted by Crippen LogP contribution is 2.20. The van der Waals surface area contributed by atoms with Gasteiger partial charge in [-0.25, -0.2) is 4.68 Å². The third kappa shape index (κ3) is 3.13. The molecule has 114 valence electrons. The number of halogens is 1. The average molecular weight is 337 g/mol. The normalized spacial score (nSPS) is 11.0. The van der Waals surface area contributed by atoms with Crippen molar-refractivity contribution in [2.45, 2.75) is 17.5 Å². The van der Waals surface area contributed by atoms with E-state index >= 15 is 0 Å². The molecular formula is C13H13ClN6OS. The summed E-state index contributed by atoms with van der Waals surface area (Å²) in [7, 11) is 1.82. The molecule has 7 nitrogen and oxygen atoms in total. The van der Waals surface area contributed by atoms with Gasteiger partial charge in [-0.1, -0.05) is 28.6 Å². The van der Waals surface area contributed by atoms with E-state index in [9.17, 15) is 0 Å². The zero-order chi connectivity index (χ0) is 15.5. The Bertz CT molecular complexity index is 769. The van der Waals surface area contributed by atoms with Crippen LogP contribution in [-0.4, -0.2) is 34.9 Å². The predicted octanol–water partition coefficient (Wildman–Crippen LogP) is 1.83. The number of aliphatic hydroxyl groups is 1. The summed E-state index contributed by atoms with van der Waals surface area (Å²) in [6, 6.07) is 7.38. The molecule has 0 fully saturated rings. The Morgan fingerprint density at radius 1 is 1.18 bits per heavy atom. The third-order valence-corrected chi connectivity index (χ3v) is 4.35. The average Bonchev–Trinajstić information content (AvgIpc) is 3.13. The Labute approximate surface area is 135 Å².